The second-order valence-electron chi connectivity index (χ2n) is 4.85. The Labute approximate surface area is 136 Å². The summed E-state index contributed by atoms with van der Waals surface area (Å²) in [5, 5.41) is 7.21. The molecule has 1 atom stereocenters. The molecular formula is C16H15IN4. The fourth-order valence-corrected chi connectivity index (χ4v) is 2.49. The zero-order valence-electron chi connectivity index (χ0n) is 11.3. The third-order valence-electron chi connectivity index (χ3n) is 3.25. The Kier molecular flexibility index (Phi) is 4.31. The molecule has 3 N–H and O–H groups in total. The predicted octanol–water partition coefficient (Wildman–Crippen LogP) is 3.32. The second kappa shape index (κ2) is 6.36. The van der Waals surface area contributed by atoms with E-state index in [2.05, 4.69) is 49.9 Å². The number of benzene rings is 2. The third-order valence-corrected chi connectivity index (χ3v) is 3.97. The molecule has 4 nitrogen and oxygen atoms in total. The van der Waals surface area contributed by atoms with Crippen LogP contribution in [0.25, 0.3) is 11.4 Å². The summed E-state index contributed by atoms with van der Waals surface area (Å²) in [6, 6.07) is 18.1. The van der Waals surface area contributed by atoms with E-state index in [4.69, 9.17) is 5.73 Å². The summed E-state index contributed by atoms with van der Waals surface area (Å²) in [6.07, 6.45) is 0.738. The summed E-state index contributed by atoms with van der Waals surface area (Å²) in [7, 11) is 0. The first-order valence-electron chi connectivity index (χ1n) is 6.70. The average Bonchev–Trinajstić information content (AvgIpc) is 2.99. The predicted molar refractivity (Wildman–Crippen MR) is 91.6 cm³/mol. The van der Waals surface area contributed by atoms with E-state index in [1.807, 2.05) is 42.5 Å². The topological polar surface area (TPSA) is 67.6 Å². The molecule has 0 fully saturated rings. The van der Waals surface area contributed by atoms with Gasteiger partial charge in [-0.15, -0.1) is 0 Å². The number of aromatic amines is 1. The molecule has 0 saturated carbocycles. The van der Waals surface area contributed by atoms with Gasteiger partial charge in [-0.1, -0.05) is 42.5 Å². The van der Waals surface area contributed by atoms with Crippen LogP contribution in [-0.4, -0.2) is 15.2 Å². The van der Waals surface area contributed by atoms with Gasteiger partial charge in [0.15, 0.2) is 5.82 Å². The van der Waals surface area contributed by atoms with Crippen LogP contribution in [0.2, 0.25) is 0 Å². The number of nitrogens with two attached hydrogens (primary N) is 1. The second-order valence-corrected chi connectivity index (χ2v) is 6.09. The van der Waals surface area contributed by atoms with Gasteiger partial charge in [0.1, 0.15) is 5.82 Å². The Hall–Kier alpha value is -1.73. The van der Waals surface area contributed by atoms with Crippen LogP contribution < -0.4 is 5.73 Å². The summed E-state index contributed by atoms with van der Waals surface area (Å²) < 4.78 is 1.19. The Morgan fingerprint density at radius 3 is 2.48 bits per heavy atom. The molecule has 0 aliphatic carbocycles. The number of aromatic nitrogens is 3. The van der Waals surface area contributed by atoms with Gasteiger partial charge in [0, 0.05) is 9.13 Å². The van der Waals surface area contributed by atoms with Gasteiger partial charge in [0.25, 0.3) is 0 Å². The zero-order chi connectivity index (χ0) is 14.7. The van der Waals surface area contributed by atoms with Gasteiger partial charge in [-0.25, -0.2) is 4.98 Å². The van der Waals surface area contributed by atoms with Crippen molar-refractivity contribution in [3.05, 3.63) is 69.6 Å². The van der Waals surface area contributed by atoms with E-state index in [-0.39, 0.29) is 6.04 Å². The van der Waals surface area contributed by atoms with E-state index >= 15 is 0 Å². The smallest absolute Gasteiger partial charge is 0.181 e. The van der Waals surface area contributed by atoms with Crippen molar-refractivity contribution in [1.29, 1.82) is 0 Å². The van der Waals surface area contributed by atoms with Gasteiger partial charge in [0.05, 0.1) is 6.04 Å². The van der Waals surface area contributed by atoms with Crippen molar-refractivity contribution >= 4 is 22.6 Å². The molecule has 0 amide bonds. The molecule has 21 heavy (non-hydrogen) atoms. The molecule has 3 aromatic rings. The lowest BCUT2D eigenvalue weighted by molar-refractivity contribution is 0.671. The third kappa shape index (κ3) is 3.48. The highest BCUT2D eigenvalue weighted by Crippen LogP contribution is 2.19. The molecule has 1 aromatic heterocycles. The largest absolute Gasteiger partial charge is 0.321 e. The van der Waals surface area contributed by atoms with Crippen molar-refractivity contribution < 1.29 is 0 Å². The number of hydrogen-bond acceptors (Lipinski definition) is 3. The quantitative estimate of drug-likeness (QED) is 0.672. The first-order valence-corrected chi connectivity index (χ1v) is 7.78. The van der Waals surface area contributed by atoms with E-state index in [1.54, 1.807) is 0 Å². The molecule has 3 rings (SSSR count). The van der Waals surface area contributed by atoms with Gasteiger partial charge >= 0.3 is 0 Å². The molecule has 0 unspecified atom stereocenters. The number of nitrogens with zero attached hydrogens (tertiary/aromatic N) is 2. The minimum Gasteiger partial charge on any atom is -0.321 e. The molecule has 0 aliphatic rings. The fourth-order valence-electron chi connectivity index (χ4n) is 2.13. The molecule has 0 bridgehead atoms. The normalized spacial score (nSPS) is 12.3. The monoisotopic (exact) mass is 390 g/mol. The lowest BCUT2D eigenvalue weighted by atomic mass is 10.1. The van der Waals surface area contributed by atoms with E-state index in [0.717, 1.165) is 12.0 Å². The Bertz CT molecular complexity index is 707. The molecule has 106 valence electrons. The van der Waals surface area contributed by atoms with Gasteiger partial charge in [-0.05, 0) is 46.7 Å². The highest BCUT2D eigenvalue weighted by Gasteiger charge is 2.13. The Balaban J connectivity index is 1.76. The summed E-state index contributed by atoms with van der Waals surface area (Å²) in [4.78, 5) is 4.51. The molecule has 1 heterocycles. The van der Waals surface area contributed by atoms with E-state index in [1.165, 1.54) is 9.13 Å². The first-order chi connectivity index (χ1) is 10.2. The Morgan fingerprint density at radius 1 is 1.05 bits per heavy atom. The number of halogens is 1. The maximum absolute atomic E-state index is 6.21. The number of nitrogens with one attached hydrogen (secondary N) is 1. The molecule has 2 aromatic carbocycles. The van der Waals surface area contributed by atoms with Crippen molar-refractivity contribution in [1.82, 2.24) is 15.2 Å². The van der Waals surface area contributed by atoms with Crippen LogP contribution in [0.3, 0.4) is 0 Å². The molecule has 0 aliphatic heterocycles. The van der Waals surface area contributed by atoms with Gasteiger partial charge in [0.2, 0.25) is 0 Å². The molecule has 5 heteroatoms. The van der Waals surface area contributed by atoms with Crippen LogP contribution in [0.5, 0.6) is 0 Å². The maximum atomic E-state index is 6.21. The van der Waals surface area contributed by atoms with Gasteiger partial charge in [-0.2, -0.15) is 5.10 Å². The van der Waals surface area contributed by atoms with Crippen molar-refractivity contribution in [3.63, 3.8) is 0 Å². The van der Waals surface area contributed by atoms with Crippen LogP contribution in [0.15, 0.2) is 54.6 Å². The van der Waals surface area contributed by atoms with Crippen LogP contribution >= 0.6 is 22.6 Å². The summed E-state index contributed by atoms with van der Waals surface area (Å²) >= 11 is 2.28. The molecule has 0 radical (unpaired) electrons. The van der Waals surface area contributed by atoms with Gasteiger partial charge in [-0.3, -0.25) is 5.10 Å². The molecular weight excluding hydrogens is 375 g/mol. The highest BCUT2D eigenvalue weighted by molar-refractivity contribution is 14.1. The highest BCUT2D eigenvalue weighted by atomic mass is 127. The van der Waals surface area contributed by atoms with Crippen molar-refractivity contribution in [2.24, 2.45) is 5.73 Å². The van der Waals surface area contributed by atoms with E-state index in [0.29, 0.717) is 11.6 Å². The van der Waals surface area contributed by atoms with Crippen LogP contribution in [0.1, 0.15) is 17.4 Å². The van der Waals surface area contributed by atoms with Crippen LogP contribution in [0.4, 0.5) is 0 Å². The lowest BCUT2D eigenvalue weighted by Gasteiger charge is -2.07. The number of rotatable bonds is 4. The van der Waals surface area contributed by atoms with Crippen LogP contribution in [-0.2, 0) is 6.42 Å². The van der Waals surface area contributed by atoms with Gasteiger partial charge < -0.3 is 5.73 Å². The van der Waals surface area contributed by atoms with E-state index < -0.39 is 0 Å². The lowest BCUT2D eigenvalue weighted by Crippen LogP contribution is -2.15. The summed E-state index contributed by atoms with van der Waals surface area (Å²) in [5.74, 6) is 1.40. The van der Waals surface area contributed by atoms with Crippen molar-refractivity contribution in [3.8, 4) is 11.4 Å². The standard InChI is InChI=1S/C16H15IN4/c17-13-8-6-12(7-9-13)15-19-16(21-20-15)14(18)10-11-4-2-1-3-5-11/h1-9,14H,10,18H2,(H,19,20,21)/t14-/m0/s1. The van der Waals surface area contributed by atoms with Crippen LogP contribution in [0, 0.1) is 3.57 Å². The summed E-state index contributed by atoms with van der Waals surface area (Å²) in [6.45, 7) is 0. The fraction of sp³-hybridized carbons (Fsp3) is 0.125. The minimum atomic E-state index is -0.183. The molecule has 0 spiro atoms. The minimum absolute atomic E-state index is 0.183. The first kappa shape index (κ1) is 14.2. The van der Waals surface area contributed by atoms with Crippen molar-refractivity contribution in [2.75, 3.05) is 0 Å². The molecule has 0 saturated heterocycles. The number of hydrogen-bond donors (Lipinski definition) is 2. The van der Waals surface area contributed by atoms with Crippen molar-refractivity contribution in [2.45, 2.75) is 12.5 Å². The maximum Gasteiger partial charge on any atom is 0.181 e. The zero-order valence-corrected chi connectivity index (χ0v) is 13.5. The van der Waals surface area contributed by atoms with E-state index in [9.17, 15) is 0 Å². The Morgan fingerprint density at radius 2 is 1.76 bits per heavy atom. The SMILES string of the molecule is N[C@@H](Cc1ccccc1)c1nc(-c2ccc(I)cc2)n[nH]1. The number of H-pyrrole nitrogens is 1. The summed E-state index contributed by atoms with van der Waals surface area (Å²) in [5.41, 5.74) is 8.39. The average molecular weight is 390 g/mol.